The van der Waals surface area contributed by atoms with E-state index in [2.05, 4.69) is 125 Å². The van der Waals surface area contributed by atoms with Gasteiger partial charge in [0.2, 0.25) is 0 Å². The van der Waals surface area contributed by atoms with Crippen molar-refractivity contribution in [3.05, 3.63) is 128 Å². The van der Waals surface area contributed by atoms with E-state index in [1.165, 1.54) is 37.9 Å². The Labute approximate surface area is 208 Å². The van der Waals surface area contributed by atoms with Crippen LogP contribution in [0, 0.1) is 0 Å². The van der Waals surface area contributed by atoms with Gasteiger partial charge in [-0.1, -0.05) is 115 Å². The molecule has 0 spiro atoms. The molecular weight excluding hydrogens is 438 g/mol. The minimum absolute atomic E-state index is 0.807. The number of nitrogens with zero attached hydrogens (tertiary/aromatic N) is 3. The van der Waals surface area contributed by atoms with Crippen LogP contribution in [-0.4, -0.2) is 15.4 Å². The topological polar surface area (TPSA) is 38.7 Å². The molecule has 3 nitrogen and oxygen atoms in total. The lowest BCUT2D eigenvalue weighted by molar-refractivity contribution is 0.871. The average Bonchev–Trinajstić information content (AvgIpc) is 2.97. The fourth-order valence-electron chi connectivity index (χ4n) is 5.47. The van der Waals surface area contributed by atoms with Crippen molar-refractivity contribution in [1.82, 2.24) is 15.4 Å². The third kappa shape index (κ3) is 3.18. The number of hydrogen-bond acceptors (Lipinski definition) is 3. The van der Waals surface area contributed by atoms with Gasteiger partial charge in [-0.3, -0.25) is 0 Å². The van der Waals surface area contributed by atoms with Crippen LogP contribution in [0.3, 0.4) is 0 Å². The molecule has 0 unspecified atom stereocenters. The Morgan fingerprint density at radius 1 is 0.417 bits per heavy atom. The minimum atomic E-state index is 0.807. The molecule has 7 rings (SSSR count). The van der Waals surface area contributed by atoms with Crippen molar-refractivity contribution in [2.24, 2.45) is 0 Å². The zero-order valence-electron chi connectivity index (χ0n) is 19.5. The third-order valence-corrected chi connectivity index (χ3v) is 6.97. The molecule has 0 radical (unpaired) electrons. The average molecular weight is 460 g/mol. The van der Waals surface area contributed by atoms with E-state index in [9.17, 15) is 0 Å². The van der Waals surface area contributed by atoms with Crippen LogP contribution in [0.2, 0.25) is 0 Å². The predicted octanol–water partition coefficient (Wildman–Crippen LogP) is 8.33. The van der Waals surface area contributed by atoms with Crippen LogP contribution in [0.5, 0.6) is 0 Å². The number of aromatic nitrogens is 3. The second kappa shape index (κ2) is 8.40. The normalized spacial score (nSPS) is 11.3. The molecular formula is C33H21N3. The first-order valence-electron chi connectivity index (χ1n) is 12.1. The van der Waals surface area contributed by atoms with E-state index in [-0.39, 0.29) is 0 Å². The molecule has 3 heteroatoms. The second-order valence-corrected chi connectivity index (χ2v) is 8.92. The second-order valence-electron chi connectivity index (χ2n) is 8.92. The van der Waals surface area contributed by atoms with E-state index < -0.39 is 0 Å². The van der Waals surface area contributed by atoms with Crippen molar-refractivity contribution in [2.75, 3.05) is 0 Å². The molecule has 0 fully saturated rings. The van der Waals surface area contributed by atoms with Gasteiger partial charge >= 0.3 is 0 Å². The van der Waals surface area contributed by atoms with Crippen molar-refractivity contribution in [3.63, 3.8) is 0 Å². The van der Waals surface area contributed by atoms with Gasteiger partial charge in [0, 0.05) is 5.56 Å². The summed E-state index contributed by atoms with van der Waals surface area (Å²) in [4.78, 5) is 0. The molecule has 1 heterocycles. The van der Waals surface area contributed by atoms with Gasteiger partial charge < -0.3 is 0 Å². The van der Waals surface area contributed by atoms with Crippen LogP contribution in [0.25, 0.3) is 65.8 Å². The largest absolute Gasteiger partial charge is 0.139 e. The summed E-state index contributed by atoms with van der Waals surface area (Å²) in [5, 5.41) is 19.9. The molecule has 0 amide bonds. The first kappa shape index (κ1) is 20.5. The minimum Gasteiger partial charge on any atom is -0.139 e. The molecule has 0 aliphatic rings. The fraction of sp³-hybridized carbons (Fsp3) is 0. The van der Waals surface area contributed by atoms with Crippen molar-refractivity contribution in [2.45, 2.75) is 0 Å². The standard InChI is InChI=1S/C33H21N3/c1-2-10-22(11-3-1)23-16-8-19-30(33(23)31-20-21-34-36-35-31)29-18-9-17-28-26-13-5-4-12-24(26)25-14-6-7-15-27(25)32(28)29/h1-21H. The highest BCUT2D eigenvalue weighted by molar-refractivity contribution is 6.28. The Balaban J connectivity index is 1.66. The highest BCUT2D eigenvalue weighted by Gasteiger charge is 2.19. The summed E-state index contributed by atoms with van der Waals surface area (Å²) in [5.41, 5.74) is 6.44. The molecule has 0 N–H and O–H groups in total. The molecule has 1 aromatic heterocycles. The van der Waals surface area contributed by atoms with Gasteiger partial charge in [0.05, 0.1) is 11.9 Å². The van der Waals surface area contributed by atoms with Crippen LogP contribution >= 0.6 is 0 Å². The maximum absolute atomic E-state index is 4.45. The van der Waals surface area contributed by atoms with Crippen LogP contribution in [0.4, 0.5) is 0 Å². The Morgan fingerprint density at radius 3 is 1.67 bits per heavy atom. The highest BCUT2D eigenvalue weighted by Crippen LogP contribution is 2.44. The fourth-order valence-corrected chi connectivity index (χ4v) is 5.47. The predicted molar refractivity (Wildman–Crippen MR) is 149 cm³/mol. The number of hydrogen-bond donors (Lipinski definition) is 0. The Bertz CT molecular complexity index is 1830. The van der Waals surface area contributed by atoms with Crippen molar-refractivity contribution in [3.8, 4) is 33.5 Å². The maximum Gasteiger partial charge on any atom is 0.0975 e. The monoisotopic (exact) mass is 459 g/mol. The van der Waals surface area contributed by atoms with E-state index in [0.29, 0.717) is 0 Å². The molecule has 0 bridgehead atoms. The summed E-state index contributed by atoms with van der Waals surface area (Å²) in [6, 6.07) is 42.9. The molecule has 168 valence electrons. The molecule has 7 aromatic rings. The van der Waals surface area contributed by atoms with Gasteiger partial charge in [0.15, 0.2) is 0 Å². The quantitative estimate of drug-likeness (QED) is 0.249. The Kier molecular flexibility index (Phi) is 4.78. The lowest BCUT2D eigenvalue weighted by atomic mass is 9.85. The van der Waals surface area contributed by atoms with Crippen LogP contribution < -0.4 is 0 Å². The smallest absolute Gasteiger partial charge is 0.0975 e. The molecule has 0 saturated heterocycles. The summed E-state index contributed by atoms with van der Waals surface area (Å²) in [7, 11) is 0. The molecule has 36 heavy (non-hydrogen) atoms. The Morgan fingerprint density at radius 2 is 0.972 bits per heavy atom. The van der Waals surface area contributed by atoms with Crippen LogP contribution in [0.15, 0.2) is 128 Å². The number of benzene rings is 6. The van der Waals surface area contributed by atoms with E-state index in [1.54, 1.807) is 6.20 Å². The van der Waals surface area contributed by atoms with Crippen molar-refractivity contribution >= 4 is 32.3 Å². The van der Waals surface area contributed by atoms with Crippen molar-refractivity contribution < 1.29 is 0 Å². The molecule has 0 aliphatic heterocycles. The molecule has 6 aromatic carbocycles. The van der Waals surface area contributed by atoms with Gasteiger partial charge in [-0.25, -0.2) is 0 Å². The van der Waals surface area contributed by atoms with Gasteiger partial charge in [0.1, 0.15) is 0 Å². The summed E-state index contributed by atoms with van der Waals surface area (Å²) in [5.74, 6) is 0. The maximum atomic E-state index is 4.45. The molecule has 0 aliphatic carbocycles. The SMILES string of the molecule is c1ccc(-c2cccc(-c3cccc4c5ccccc5c5ccccc5c34)c2-c2ccnnn2)cc1. The summed E-state index contributed by atoms with van der Waals surface area (Å²) < 4.78 is 0. The first-order valence-corrected chi connectivity index (χ1v) is 12.1. The van der Waals surface area contributed by atoms with Gasteiger partial charge in [-0.15, -0.1) is 10.2 Å². The first-order chi connectivity index (χ1) is 17.9. The highest BCUT2D eigenvalue weighted by atomic mass is 15.3. The zero-order chi connectivity index (χ0) is 23.9. The molecule has 0 atom stereocenters. The van der Waals surface area contributed by atoms with Gasteiger partial charge in [-0.2, -0.15) is 0 Å². The van der Waals surface area contributed by atoms with Gasteiger partial charge in [0.25, 0.3) is 0 Å². The van der Waals surface area contributed by atoms with Gasteiger partial charge in [-0.05, 0) is 65.9 Å². The third-order valence-electron chi connectivity index (χ3n) is 6.97. The molecule has 0 saturated carbocycles. The van der Waals surface area contributed by atoms with E-state index in [4.69, 9.17) is 0 Å². The number of fused-ring (bicyclic) bond motifs is 6. The lowest BCUT2D eigenvalue weighted by Crippen LogP contribution is -1.96. The van der Waals surface area contributed by atoms with Crippen molar-refractivity contribution in [1.29, 1.82) is 0 Å². The van der Waals surface area contributed by atoms with E-state index in [1.807, 2.05) is 12.1 Å². The van der Waals surface area contributed by atoms with E-state index in [0.717, 1.165) is 27.9 Å². The summed E-state index contributed by atoms with van der Waals surface area (Å²) in [6.07, 6.45) is 1.71. The number of rotatable bonds is 3. The lowest BCUT2D eigenvalue weighted by Gasteiger charge is -2.18. The van der Waals surface area contributed by atoms with Crippen LogP contribution in [0.1, 0.15) is 0 Å². The van der Waals surface area contributed by atoms with Crippen LogP contribution in [-0.2, 0) is 0 Å². The zero-order valence-corrected chi connectivity index (χ0v) is 19.5. The van der Waals surface area contributed by atoms with E-state index >= 15 is 0 Å². The summed E-state index contributed by atoms with van der Waals surface area (Å²) >= 11 is 0. The Hall–Kier alpha value is -4.89. The summed E-state index contributed by atoms with van der Waals surface area (Å²) in [6.45, 7) is 0.